The molecule has 0 spiro atoms. The van der Waals surface area contributed by atoms with Crippen molar-refractivity contribution in [2.75, 3.05) is 19.5 Å². The van der Waals surface area contributed by atoms with Crippen LogP contribution in [-0.2, 0) is 11.2 Å². The van der Waals surface area contributed by atoms with E-state index < -0.39 is 11.2 Å². The molecule has 2 aromatic rings. The first-order valence-corrected chi connectivity index (χ1v) is 7.28. The number of ether oxygens (including phenoxy) is 2. The van der Waals surface area contributed by atoms with Crippen LogP contribution in [0.25, 0.3) is 0 Å². The van der Waals surface area contributed by atoms with Gasteiger partial charge in [-0.25, -0.2) is 4.79 Å². The minimum atomic E-state index is -0.561. The van der Waals surface area contributed by atoms with Crippen molar-refractivity contribution in [3.8, 4) is 11.5 Å². The van der Waals surface area contributed by atoms with Crippen LogP contribution in [0.5, 0.6) is 11.5 Å². The maximum atomic E-state index is 12.1. The summed E-state index contributed by atoms with van der Waals surface area (Å²) in [5.41, 5.74) is 0.306. The van der Waals surface area contributed by atoms with Gasteiger partial charge in [0.25, 0.3) is 5.56 Å². The number of carbonyl (C=O) groups is 1. The number of carbonyl (C=O) groups excluding carboxylic acids is 1. The number of benzene rings is 1. The highest BCUT2D eigenvalue weighted by Crippen LogP contribution is 2.29. The Balaban J connectivity index is 2.07. The van der Waals surface area contributed by atoms with Gasteiger partial charge in [0.2, 0.25) is 5.91 Å². The molecule has 0 aliphatic heterocycles. The highest BCUT2D eigenvalue weighted by atomic mass is 16.5. The average Bonchev–Trinajstić information content (AvgIpc) is 2.54. The third-order valence-electron chi connectivity index (χ3n) is 3.54. The van der Waals surface area contributed by atoms with Crippen molar-refractivity contribution in [2.45, 2.75) is 19.8 Å². The quantitative estimate of drug-likeness (QED) is 0.729. The molecular weight excluding hydrogens is 314 g/mol. The standard InChI is InChI=1S/C16H19N3O5/c1-9-11(15(21)19-16(22)17-9)5-7-14(20)18-12-6-4-10(23-2)8-13(12)24-3/h4,6,8H,5,7H2,1-3H3,(H,18,20)(H2,17,19,21,22). The van der Waals surface area contributed by atoms with Crippen LogP contribution in [0.2, 0.25) is 0 Å². The molecule has 0 saturated carbocycles. The predicted octanol–water partition coefficient (Wildman–Crippen LogP) is 0.960. The van der Waals surface area contributed by atoms with E-state index >= 15 is 0 Å². The summed E-state index contributed by atoms with van der Waals surface area (Å²) in [6.07, 6.45) is 0.299. The van der Waals surface area contributed by atoms with E-state index in [2.05, 4.69) is 15.3 Å². The number of rotatable bonds is 6. The van der Waals surface area contributed by atoms with E-state index in [1.807, 2.05) is 0 Å². The SMILES string of the molecule is COc1ccc(NC(=O)CCc2c(C)[nH]c(=O)[nH]c2=O)c(OC)c1. The van der Waals surface area contributed by atoms with Gasteiger partial charge in [0.1, 0.15) is 11.5 Å². The summed E-state index contributed by atoms with van der Waals surface area (Å²) in [4.78, 5) is 39.7. The average molecular weight is 333 g/mol. The van der Waals surface area contributed by atoms with Gasteiger partial charge in [-0.3, -0.25) is 14.6 Å². The topological polar surface area (TPSA) is 113 Å². The Morgan fingerprint density at radius 2 is 1.92 bits per heavy atom. The fraction of sp³-hybridized carbons (Fsp3) is 0.312. The van der Waals surface area contributed by atoms with Crippen molar-refractivity contribution in [1.29, 1.82) is 0 Å². The molecular formula is C16H19N3O5. The molecule has 0 aliphatic rings. The first-order chi connectivity index (χ1) is 11.4. The molecule has 0 aliphatic carbocycles. The van der Waals surface area contributed by atoms with Crippen LogP contribution < -0.4 is 26.0 Å². The molecule has 128 valence electrons. The molecule has 0 fully saturated rings. The van der Waals surface area contributed by atoms with Crippen molar-refractivity contribution in [3.63, 3.8) is 0 Å². The largest absolute Gasteiger partial charge is 0.497 e. The van der Waals surface area contributed by atoms with Gasteiger partial charge in [-0.2, -0.15) is 0 Å². The van der Waals surface area contributed by atoms with Crippen LogP contribution in [0.4, 0.5) is 5.69 Å². The van der Waals surface area contributed by atoms with E-state index in [0.717, 1.165) is 0 Å². The van der Waals surface area contributed by atoms with Crippen LogP contribution >= 0.6 is 0 Å². The number of methoxy groups -OCH3 is 2. The van der Waals surface area contributed by atoms with Crippen LogP contribution in [0.3, 0.4) is 0 Å². The number of hydrogen-bond acceptors (Lipinski definition) is 5. The van der Waals surface area contributed by atoms with Gasteiger partial charge >= 0.3 is 5.69 Å². The summed E-state index contributed by atoms with van der Waals surface area (Å²) in [6.45, 7) is 1.62. The molecule has 2 rings (SSSR count). The molecule has 3 N–H and O–H groups in total. The van der Waals surface area contributed by atoms with Crippen molar-refractivity contribution in [3.05, 3.63) is 50.3 Å². The number of H-pyrrole nitrogens is 2. The maximum absolute atomic E-state index is 12.1. The predicted molar refractivity (Wildman–Crippen MR) is 88.9 cm³/mol. The van der Waals surface area contributed by atoms with Gasteiger partial charge < -0.3 is 19.8 Å². The molecule has 0 saturated heterocycles. The lowest BCUT2D eigenvalue weighted by atomic mass is 10.1. The Bertz CT molecular complexity index is 854. The van der Waals surface area contributed by atoms with E-state index in [1.165, 1.54) is 14.2 Å². The number of anilines is 1. The molecule has 0 radical (unpaired) electrons. The number of aromatic nitrogens is 2. The van der Waals surface area contributed by atoms with Crippen LogP contribution in [0.15, 0.2) is 27.8 Å². The smallest absolute Gasteiger partial charge is 0.325 e. The zero-order chi connectivity index (χ0) is 17.7. The number of nitrogens with one attached hydrogen (secondary N) is 3. The summed E-state index contributed by atoms with van der Waals surface area (Å²) in [6, 6.07) is 5.04. The first-order valence-electron chi connectivity index (χ1n) is 7.28. The zero-order valence-electron chi connectivity index (χ0n) is 13.7. The summed E-state index contributed by atoms with van der Waals surface area (Å²) in [7, 11) is 3.03. The summed E-state index contributed by atoms with van der Waals surface area (Å²) >= 11 is 0. The molecule has 8 nitrogen and oxygen atoms in total. The highest BCUT2D eigenvalue weighted by molar-refractivity contribution is 5.92. The van der Waals surface area contributed by atoms with Gasteiger partial charge in [-0.15, -0.1) is 0 Å². The second kappa shape index (κ2) is 7.49. The van der Waals surface area contributed by atoms with Crippen molar-refractivity contribution in [2.24, 2.45) is 0 Å². The van der Waals surface area contributed by atoms with Gasteiger partial charge in [0, 0.05) is 23.7 Å². The summed E-state index contributed by atoms with van der Waals surface area (Å²) in [5, 5.41) is 2.73. The van der Waals surface area contributed by atoms with E-state index in [4.69, 9.17) is 9.47 Å². The van der Waals surface area contributed by atoms with E-state index in [9.17, 15) is 14.4 Å². The normalized spacial score (nSPS) is 10.3. The van der Waals surface area contributed by atoms with Crippen molar-refractivity contribution < 1.29 is 14.3 Å². The Morgan fingerprint density at radius 1 is 1.17 bits per heavy atom. The molecule has 0 unspecified atom stereocenters. The van der Waals surface area contributed by atoms with Gasteiger partial charge in [0.15, 0.2) is 0 Å². The third kappa shape index (κ3) is 4.03. The fourth-order valence-corrected chi connectivity index (χ4v) is 2.28. The zero-order valence-corrected chi connectivity index (χ0v) is 13.7. The molecule has 8 heteroatoms. The molecule has 0 bridgehead atoms. The molecule has 24 heavy (non-hydrogen) atoms. The van der Waals surface area contributed by atoms with Crippen molar-refractivity contribution >= 4 is 11.6 Å². The lowest BCUT2D eigenvalue weighted by Gasteiger charge is -2.11. The number of aromatic amines is 2. The number of hydrogen-bond donors (Lipinski definition) is 3. The number of aryl methyl sites for hydroxylation is 1. The monoisotopic (exact) mass is 333 g/mol. The van der Waals surface area contributed by atoms with Crippen LogP contribution in [-0.4, -0.2) is 30.1 Å². The lowest BCUT2D eigenvalue weighted by Crippen LogP contribution is -2.27. The van der Waals surface area contributed by atoms with Crippen LogP contribution in [0, 0.1) is 6.92 Å². The van der Waals surface area contributed by atoms with Gasteiger partial charge in [-0.1, -0.05) is 0 Å². The Hall–Kier alpha value is -3.03. The fourth-order valence-electron chi connectivity index (χ4n) is 2.28. The van der Waals surface area contributed by atoms with Crippen LogP contribution in [0.1, 0.15) is 17.7 Å². The van der Waals surface area contributed by atoms with E-state index in [0.29, 0.717) is 28.4 Å². The lowest BCUT2D eigenvalue weighted by molar-refractivity contribution is -0.116. The van der Waals surface area contributed by atoms with Gasteiger partial charge in [-0.05, 0) is 25.5 Å². The summed E-state index contributed by atoms with van der Waals surface area (Å²) in [5.74, 6) is 0.810. The minimum Gasteiger partial charge on any atom is -0.497 e. The maximum Gasteiger partial charge on any atom is 0.325 e. The highest BCUT2D eigenvalue weighted by Gasteiger charge is 2.12. The molecule has 0 atom stereocenters. The molecule has 1 aromatic carbocycles. The second-order valence-electron chi connectivity index (χ2n) is 5.13. The minimum absolute atomic E-state index is 0.0884. The Labute approximate surface area is 137 Å². The van der Waals surface area contributed by atoms with E-state index in [-0.39, 0.29) is 18.7 Å². The van der Waals surface area contributed by atoms with E-state index in [1.54, 1.807) is 25.1 Å². The second-order valence-corrected chi connectivity index (χ2v) is 5.13. The third-order valence-corrected chi connectivity index (χ3v) is 3.54. The van der Waals surface area contributed by atoms with Crippen molar-refractivity contribution in [1.82, 2.24) is 9.97 Å². The Kier molecular flexibility index (Phi) is 5.41. The molecule has 1 heterocycles. The molecule has 1 aromatic heterocycles. The Morgan fingerprint density at radius 3 is 2.54 bits per heavy atom. The summed E-state index contributed by atoms with van der Waals surface area (Å²) < 4.78 is 10.3. The molecule has 1 amide bonds. The number of amides is 1. The first kappa shape index (κ1) is 17.3. The van der Waals surface area contributed by atoms with Gasteiger partial charge in [0.05, 0.1) is 19.9 Å².